The lowest BCUT2D eigenvalue weighted by Gasteiger charge is -2.23. The van der Waals surface area contributed by atoms with Crippen molar-refractivity contribution in [2.45, 2.75) is 19.6 Å². The van der Waals surface area contributed by atoms with E-state index in [9.17, 15) is 5.11 Å². The highest BCUT2D eigenvalue weighted by molar-refractivity contribution is 5.79. The Morgan fingerprint density at radius 2 is 1.69 bits per heavy atom. The molecule has 7 nitrogen and oxygen atoms in total. The summed E-state index contributed by atoms with van der Waals surface area (Å²) in [5, 5.41) is 13.8. The van der Waals surface area contributed by atoms with Crippen molar-refractivity contribution in [3.8, 4) is 17.2 Å². The van der Waals surface area contributed by atoms with Gasteiger partial charge in [0.05, 0.1) is 34.0 Å². The topological polar surface area (TPSA) is 75.6 Å². The fourth-order valence-electron chi connectivity index (χ4n) is 2.89. The average Bonchev–Trinajstić information content (AvgIpc) is 2.76. The lowest BCUT2D eigenvalue weighted by atomic mass is 10.1. The molecule has 1 unspecified atom stereocenters. The van der Waals surface area contributed by atoms with Gasteiger partial charge in [-0.15, -0.1) is 0 Å². The van der Waals surface area contributed by atoms with Gasteiger partial charge >= 0.3 is 0 Å². The molecule has 29 heavy (non-hydrogen) atoms. The second-order valence-corrected chi connectivity index (χ2v) is 6.52. The fourth-order valence-corrected chi connectivity index (χ4v) is 2.89. The van der Waals surface area contributed by atoms with E-state index in [0.717, 1.165) is 34.9 Å². The number of nitrogens with zero attached hydrogens (tertiary/aromatic N) is 2. The van der Waals surface area contributed by atoms with E-state index in [0.29, 0.717) is 12.5 Å². The molecule has 0 aromatic heterocycles. The number of aliphatic hydroxyl groups excluding tert-OH is 1. The summed E-state index contributed by atoms with van der Waals surface area (Å²) in [7, 11) is 6.84. The number of ether oxygens (including phenoxy) is 3. The van der Waals surface area contributed by atoms with Crippen LogP contribution in [0.15, 0.2) is 47.5 Å². The number of guanidine groups is 1. The molecule has 0 saturated heterocycles. The van der Waals surface area contributed by atoms with Crippen LogP contribution in [0.25, 0.3) is 0 Å². The number of hydrogen-bond donors (Lipinski definition) is 2. The van der Waals surface area contributed by atoms with Crippen molar-refractivity contribution >= 4 is 5.96 Å². The molecule has 0 amide bonds. The first-order chi connectivity index (χ1) is 14.0. The molecule has 2 N–H and O–H groups in total. The SMILES string of the molecule is CCNC(=NCC(O)c1ccc(OC)cc1)N(C)Cc1ccc(OC)cc1OC. The number of benzene rings is 2. The minimum Gasteiger partial charge on any atom is -0.497 e. The molecule has 0 spiro atoms. The Balaban J connectivity index is 2.10. The van der Waals surface area contributed by atoms with Crippen LogP contribution in [0.5, 0.6) is 17.2 Å². The van der Waals surface area contributed by atoms with Crippen molar-refractivity contribution in [2.75, 3.05) is 41.5 Å². The van der Waals surface area contributed by atoms with Gasteiger partial charge in [-0.3, -0.25) is 4.99 Å². The van der Waals surface area contributed by atoms with Crippen LogP contribution in [0.4, 0.5) is 0 Å². The molecule has 7 heteroatoms. The number of nitrogens with one attached hydrogen (secondary N) is 1. The van der Waals surface area contributed by atoms with E-state index in [-0.39, 0.29) is 6.54 Å². The first-order valence-corrected chi connectivity index (χ1v) is 9.54. The van der Waals surface area contributed by atoms with Gasteiger partial charge in [-0.05, 0) is 36.8 Å². The molecule has 2 aromatic carbocycles. The quantitative estimate of drug-likeness (QED) is 0.497. The summed E-state index contributed by atoms with van der Waals surface area (Å²) in [4.78, 5) is 6.60. The highest BCUT2D eigenvalue weighted by Gasteiger charge is 2.13. The van der Waals surface area contributed by atoms with Crippen molar-refractivity contribution in [3.05, 3.63) is 53.6 Å². The average molecular weight is 402 g/mol. The number of hydrogen-bond acceptors (Lipinski definition) is 5. The Labute approximate surface area is 172 Å². The molecular weight excluding hydrogens is 370 g/mol. The molecule has 0 aliphatic rings. The highest BCUT2D eigenvalue weighted by Crippen LogP contribution is 2.25. The van der Waals surface area contributed by atoms with Crippen molar-refractivity contribution in [3.63, 3.8) is 0 Å². The fraction of sp³-hybridized carbons (Fsp3) is 0.409. The molecule has 2 aromatic rings. The van der Waals surface area contributed by atoms with Crippen LogP contribution in [0, 0.1) is 0 Å². The lowest BCUT2D eigenvalue weighted by Crippen LogP contribution is -2.38. The van der Waals surface area contributed by atoms with Crippen LogP contribution in [0.1, 0.15) is 24.2 Å². The Bertz CT molecular complexity index is 793. The van der Waals surface area contributed by atoms with Crippen molar-refractivity contribution in [1.82, 2.24) is 10.2 Å². The van der Waals surface area contributed by atoms with Crippen LogP contribution in [-0.4, -0.2) is 57.4 Å². The molecular formula is C22H31N3O4. The molecule has 0 heterocycles. The zero-order valence-corrected chi connectivity index (χ0v) is 17.8. The molecule has 0 aliphatic carbocycles. The Kier molecular flexibility index (Phi) is 8.61. The second-order valence-electron chi connectivity index (χ2n) is 6.52. The van der Waals surface area contributed by atoms with Gasteiger partial charge in [-0.2, -0.15) is 0 Å². The first-order valence-electron chi connectivity index (χ1n) is 9.54. The van der Waals surface area contributed by atoms with Gasteiger partial charge in [0.25, 0.3) is 0 Å². The highest BCUT2D eigenvalue weighted by atomic mass is 16.5. The Morgan fingerprint density at radius 1 is 1.03 bits per heavy atom. The second kappa shape index (κ2) is 11.2. The van der Waals surface area contributed by atoms with Gasteiger partial charge in [0.2, 0.25) is 0 Å². The molecule has 0 fully saturated rings. The van der Waals surface area contributed by atoms with E-state index in [1.807, 2.05) is 61.3 Å². The van der Waals surface area contributed by atoms with Crippen LogP contribution in [0.3, 0.4) is 0 Å². The molecule has 0 bridgehead atoms. The molecule has 0 saturated carbocycles. The standard InChI is InChI=1S/C22H31N3O4/c1-6-23-22(24-14-20(26)16-7-10-18(27-3)11-8-16)25(2)15-17-9-12-19(28-4)13-21(17)29-5/h7-13,20,26H,6,14-15H2,1-5H3,(H,23,24). The summed E-state index contributed by atoms with van der Waals surface area (Å²) < 4.78 is 15.9. The normalized spacial score (nSPS) is 12.3. The largest absolute Gasteiger partial charge is 0.497 e. The maximum atomic E-state index is 10.5. The summed E-state index contributed by atoms with van der Waals surface area (Å²) >= 11 is 0. The summed E-state index contributed by atoms with van der Waals surface area (Å²) in [6.45, 7) is 3.58. The molecule has 158 valence electrons. The summed E-state index contributed by atoms with van der Waals surface area (Å²) in [5.41, 5.74) is 1.81. The zero-order chi connectivity index (χ0) is 21.2. The molecule has 1 atom stereocenters. The Hall–Kier alpha value is -2.93. The van der Waals surface area contributed by atoms with E-state index in [2.05, 4.69) is 10.3 Å². The number of aliphatic hydroxyl groups is 1. The monoisotopic (exact) mass is 401 g/mol. The predicted octanol–water partition coefficient (Wildman–Crippen LogP) is 2.84. The summed E-state index contributed by atoms with van der Waals surface area (Å²) in [6, 6.07) is 13.1. The van der Waals surface area contributed by atoms with E-state index in [1.54, 1.807) is 21.3 Å². The molecule has 0 aliphatic heterocycles. The van der Waals surface area contributed by atoms with Gasteiger partial charge in [0, 0.05) is 31.8 Å². The third-order valence-electron chi connectivity index (χ3n) is 4.51. The van der Waals surface area contributed by atoms with E-state index in [4.69, 9.17) is 14.2 Å². The maximum Gasteiger partial charge on any atom is 0.194 e. The lowest BCUT2D eigenvalue weighted by molar-refractivity contribution is 0.186. The molecule has 0 radical (unpaired) electrons. The third-order valence-corrected chi connectivity index (χ3v) is 4.51. The minimum atomic E-state index is -0.696. The van der Waals surface area contributed by atoms with Gasteiger partial charge in [0.15, 0.2) is 5.96 Å². The third kappa shape index (κ3) is 6.29. The van der Waals surface area contributed by atoms with E-state index >= 15 is 0 Å². The smallest absolute Gasteiger partial charge is 0.194 e. The molecule has 2 rings (SSSR count). The summed E-state index contributed by atoms with van der Waals surface area (Å²) in [5.74, 6) is 2.96. The number of rotatable bonds is 9. The number of aliphatic imine (C=N–C) groups is 1. The first kappa shape index (κ1) is 22.4. The van der Waals surface area contributed by atoms with E-state index < -0.39 is 6.10 Å². The Morgan fingerprint density at radius 3 is 2.28 bits per heavy atom. The van der Waals surface area contributed by atoms with Gasteiger partial charge < -0.3 is 29.5 Å². The maximum absolute atomic E-state index is 10.5. The van der Waals surface area contributed by atoms with Gasteiger partial charge in [0.1, 0.15) is 17.2 Å². The van der Waals surface area contributed by atoms with Crippen molar-refractivity contribution in [2.24, 2.45) is 4.99 Å². The zero-order valence-electron chi connectivity index (χ0n) is 17.8. The van der Waals surface area contributed by atoms with Crippen molar-refractivity contribution in [1.29, 1.82) is 0 Å². The summed E-state index contributed by atoms with van der Waals surface area (Å²) in [6.07, 6.45) is -0.696. The van der Waals surface area contributed by atoms with Gasteiger partial charge in [-0.25, -0.2) is 0 Å². The minimum absolute atomic E-state index is 0.249. The van der Waals surface area contributed by atoms with E-state index in [1.165, 1.54) is 0 Å². The van der Waals surface area contributed by atoms with Crippen molar-refractivity contribution < 1.29 is 19.3 Å². The van der Waals surface area contributed by atoms with Crippen LogP contribution in [-0.2, 0) is 6.54 Å². The van der Waals surface area contributed by atoms with Crippen LogP contribution in [0.2, 0.25) is 0 Å². The number of methoxy groups -OCH3 is 3. The van der Waals surface area contributed by atoms with Crippen LogP contribution < -0.4 is 19.5 Å². The van der Waals surface area contributed by atoms with Gasteiger partial charge in [-0.1, -0.05) is 12.1 Å². The predicted molar refractivity (Wildman–Crippen MR) is 115 cm³/mol. The van der Waals surface area contributed by atoms with Crippen LogP contribution >= 0.6 is 0 Å².